The molecule has 0 radical (unpaired) electrons. The summed E-state index contributed by atoms with van der Waals surface area (Å²) < 4.78 is 10.6. The lowest BCUT2D eigenvalue weighted by atomic mass is 10.2. The second-order valence-corrected chi connectivity index (χ2v) is 7.66. The summed E-state index contributed by atoms with van der Waals surface area (Å²) in [5, 5.41) is 6.29. The first-order chi connectivity index (χ1) is 15.9. The number of rotatable bonds is 9. The van der Waals surface area contributed by atoms with Crippen molar-refractivity contribution in [1.29, 1.82) is 0 Å². The maximum absolute atomic E-state index is 12.1. The Morgan fingerprint density at radius 1 is 0.727 bits per heavy atom. The van der Waals surface area contributed by atoms with Gasteiger partial charge < -0.3 is 20.1 Å². The predicted molar refractivity (Wildman–Crippen MR) is 127 cm³/mol. The molecule has 2 N–H and O–H groups in total. The fourth-order valence-electron chi connectivity index (χ4n) is 2.65. The van der Waals surface area contributed by atoms with Crippen molar-refractivity contribution in [3.63, 3.8) is 0 Å². The number of carbonyl (C=O) groups is 3. The molecule has 0 saturated carbocycles. The van der Waals surface area contributed by atoms with Gasteiger partial charge in [-0.2, -0.15) is 0 Å². The highest BCUT2D eigenvalue weighted by Crippen LogP contribution is 2.29. The summed E-state index contributed by atoms with van der Waals surface area (Å²) in [4.78, 5) is 35.7. The molecule has 170 valence electrons. The van der Waals surface area contributed by atoms with Gasteiger partial charge in [0.2, 0.25) is 5.91 Å². The maximum Gasteiger partial charge on any atom is 0.306 e. The molecule has 9 heteroatoms. The van der Waals surface area contributed by atoms with E-state index in [1.807, 2.05) is 6.07 Å². The summed E-state index contributed by atoms with van der Waals surface area (Å²) in [5.41, 5.74) is 1.07. The predicted octanol–water partition coefficient (Wildman–Crippen LogP) is 5.69. The van der Waals surface area contributed by atoms with Crippen LogP contribution in [0.3, 0.4) is 0 Å². The zero-order chi connectivity index (χ0) is 23.6. The van der Waals surface area contributed by atoms with Crippen LogP contribution in [0.5, 0.6) is 11.5 Å². The van der Waals surface area contributed by atoms with Crippen molar-refractivity contribution in [3.8, 4) is 11.5 Å². The van der Waals surface area contributed by atoms with E-state index >= 15 is 0 Å². The molecule has 3 rings (SSSR count). The summed E-state index contributed by atoms with van der Waals surface area (Å²) >= 11 is 11.8. The molecule has 0 aliphatic rings. The van der Waals surface area contributed by atoms with Gasteiger partial charge in [0.05, 0.1) is 11.4 Å². The molecule has 2 amide bonds. The Balaban J connectivity index is 1.37. The molecule has 0 aliphatic heterocycles. The lowest BCUT2D eigenvalue weighted by molar-refractivity contribution is -0.147. The first-order valence-corrected chi connectivity index (χ1v) is 10.7. The minimum absolute atomic E-state index is 0.0878. The minimum atomic E-state index is -0.653. The van der Waals surface area contributed by atoms with Gasteiger partial charge in [-0.25, -0.2) is 0 Å². The molecule has 0 spiro atoms. The van der Waals surface area contributed by atoms with Crippen molar-refractivity contribution in [2.45, 2.75) is 12.8 Å². The van der Waals surface area contributed by atoms with Crippen LogP contribution in [0, 0.1) is 0 Å². The topological polar surface area (TPSA) is 93.7 Å². The lowest BCUT2D eigenvalue weighted by Gasteiger charge is -2.09. The largest absolute Gasteiger partial charge is 0.456 e. The number of hydrogen-bond donors (Lipinski definition) is 2. The molecule has 0 bridgehead atoms. The van der Waals surface area contributed by atoms with E-state index in [-0.39, 0.29) is 18.7 Å². The van der Waals surface area contributed by atoms with Gasteiger partial charge in [0, 0.05) is 22.8 Å². The van der Waals surface area contributed by atoms with Gasteiger partial charge in [-0.3, -0.25) is 14.4 Å². The van der Waals surface area contributed by atoms with Crippen molar-refractivity contribution in [2.75, 3.05) is 17.2 Å². The number of para-hydroxylation sites is 1. The van der Waals surface area contributed by atoms with Gasteiger partial charge in [0.1, 0.15) is 11.5 Å². The average molecular weight is 487 g/mol. The van der Waals surface area contributed by atoms with E-state index in [0.717, 1.165) is 0 Å². The van der Waals surface area contributed by atoms with Gasteiger partial charge >= 0.3 is 5.97 Å². The zero-order valence-electron chi connectivity index (χ0n) is 17.3. The quantitative estimate of drug-likeness (QED) is 0.379. The summed E-state index contributed by atoms with van der Waals surface area (Å²) in [6.07, 6.45) is -0.247. The van der Waals surface area contributed by atoms with Crippen molar-refractivity contribution in [3.05, 3.63) is 82.8 Å². The first kappa shape index (κ1) is 24.1. The van der Waals surface area contributed by atoms with Gasteiger partial charge in [0.15, 0.2) is 6.61 Å². The van der Waals surface area contributed by atoms with Crippen LogP contribution >= 0.6 is 23.2 Å². The Morgan fingerprint density at radius 3 is 2.00 bits per heavy atom. The number of anilines is 2. The number of ether oxygens (including phenoxy) is 2. The van der Waals surface area contributed by atoms with E-state index < -0.39 is 18.5 Å². The fraction of sp³-hybridized carbons (Fsp3) is 0.125. The standard InChI is InChI=1S/C24H20Cl2N2O5/c25-16-5-7-17(8-6-16)28-23(30)15-32-24(31)14-13-22(29)27-18-9-11-19(12-10-18)33-21-4-2-1-3-20(21)26/h1-12H,13-15H2,(H,27,29)(H,28,30). The molecule has 0 heterocycles. The van der Waals surface area contributed by atoms with Crippen LogP contribution in [0.25, 0.3) is 0 Å². The molecule has 0 fully saturated rings. The van der Waals surface area contributed by atoms with E-state index in [4.69, 9.17) is 32.7 Å². The molecule has 0 atom stereocenters. The van der Waals surface area contributed by atoms with Crippen LogP contribution in [0.15, 0.2) is 72.8 Å². The normalized spacial score (nSPS) is 10.2. The van der Waals surface area contributed by atoms with Crippen LogP contribution in [-0.4, -0.2) is 24.4 Å². The SMILES string of the molecule is O=C(CCC(=O)OCC(=O)Nc1ccc(Cl)cc1)Nc1ccc(Oc2ccccc2Cl)cc1. The third-order valence-electron chi connectivity index (χ3n) is 4.25. The summed E-state index contributed by atoms with van der Waals surface area (Å²) in [6, 6.07) is 20.3. The highest BCUT2D eigenvalue weighted by Gasteiger charge is 2.11. The number of amides is 2. The number of esters is 1. The van der Waals surface area contributed by atoms with Crippen LogP contribution in [0.4, 0.5) is 11.4 Å². The highest BCUT2D eigenvalue weighted by molar-refractivity contribution is 6.32. The molecule has 3 aromatic carbocycles. The highest BCUT2D eigenvalue weighted by atomic mass is 35.5. The summed E-state index contributed by atoms with van der Waals surface area (Å²) in [6.45, 7) is -0.448. The van der Waals surface area contributed by atoms with E-state index in [0.29, 0.717) is 32.9 Å². The Kier molecular flexibility index (Phi) is 8.69. The lowest BCUT2D eigenvalue weighted by Crippen LogP contribution is -2.21. The van der Waals surface area contributed by atoms with Crippen LogP contribution in [-0.2, 0) is 19.1 Å². The molecule has 7 nitrogen and oxygen atoms in total. The number of benzene rings is 3. The van der Waals surface area contributed by atoms with Crippen LogP contribution in [0.2, 0.25) is 10.0 Å². The Bertz CT molecular complexity index is 1120. The van der Waals surface area contributed by atoms with Gasteiger partial charge in [-0.1, -0.05) is 35.3 Å². The second kappa shape index (κ2) is 11.9. The van der Waals surface area contributed by atoms with E-state index in [1.165, 1.54) is 0 Å². The molecular weight excluding hydrogens is 467 g/mol. The van der Waals surface area contributed by atoms with Gasteiger partial charge in [-0.15, -0.1) is 0 Å². The van der Waals surface area contributed by atoms with E-state index in [1.54, 1.807) is 66.7 Å². The monoisotopic (exact) mass is 486 g/mol. The average Bonchev–Trinajstić information content (AvgIpc) is 2.80. The van der Waals surface area contributed by atoms with Crippen molar-refractivity contribution >= 4 is 52.4 Å². The Labute approximate surface area is 200 Å². The third-order valence-corrected chi connectivity index (χ3v) is 4.82. The smallest absolute Gasteiger partial charge is 0.306 e. The molecule has 33 heavy (non-hydrogen) atoms. The number of carbonyl (C=O) groups excluding carboxylic acids is 3. The molecule has 0 aromatic heterocycles. The molecular formula is C24H20Cl2N2O5. The minimum Gasteiger partial charge on any atom is -0.456 e. The molecule has 0 aliphatic carbocycles. The number of hydrogen-bond acceptors (Lipinski definition) is 5. The Hall–Kier alpha value is -3.55. The molecule has 3 aromatic rings. The van der Waals surface area contributed by atoms with Gasteiger partial charge in [0.25, 0.3) is 5.91 Å². The zero-order valence-corrected chi connectivity index (χ0v) is 18.9. The fourth-order valence-corrected chi connectivity index (χ4v) is 2.95. The van der Waals surface area contributed by atoms with Crippen LogP contribution < -0.4 is 15.4 Å². The Morgan fingerprint density at radius 2 is 1.33 bits per heavy atom. The number of halogens is 2. The number of nitrogens with one attached hydrogen (secondary N) is 2. The molecule has 0 saturated heterocycles. The first-order valence-electron chi connectivity index (χ1n) is 9.92. The summed E-state index contributed by atoms with van der Waals surface area (Å²) in [7, 11) is 0. The van der Waals surface area contributed by atoms with E-state index in [9.17, 15) is 14.4 Å². The van der Waals surface area contributed by atoms with Gasteiger partial charge in [-0.05, 0) is 60.7 Å². The maximum atomic E-state index is 12.1. The summed E-state index contributed by atoms with van der Waals surface area (Å²) in [5.74, 6) is -0.427. The van der Waals surface area contributed by atoms with Crippen LogP contribution in [0.1, 0.15) is 12.8 Å². The second-order valence-electron chi connectivity index (χ2n) is 6.82. The van der Waals surface area contributed by atoms with Crippen molar-refractivity contribution < 1.29 is 23.9 Å². The molecule has 0 unspecified atom stereocenters. The van der Waals surface area contributed by atoms with Crippen molar-refractivity contribution in [1.82, 2.24) is 0 Å². The third kappa shape index (κ3) is 8.14. The van der Waals surface area contributed by atoms with E-state index in [2.05, 4.69) is 10.6 Å². The van der Waals surface area contributed by atoms with Crippen molar-refractivity contribution in [2.24, 2.45) is 0 Å².